The number of aryl methyl sites for hydroxylation is 1. The van der Waals surface area contributed by atoms with Crippen molar-refractivity contribution >= 4 is 7.85 Å². The van der Waals surface area contributed by atoms with Gasteiger partial charge < -0.3 is 5.73 Å². The lowest BCUT2D eigenvalue weighted by atomic mass is 9.85. The highest BCUT2D eigenvalue weighted by molar-refractivity contribution is 6.08. The molecule has 2 nitrogen and oxygen atoms in total. The van der Waals surface area contributed by atoms with E-state index in [4.69, 9.17) is 5.73 Å². The monoisotopic (exact) mass is 298 g/mol. The van der Waals surface area contributed by atoms with Gasteiger partial charge in [-0.1, -0.05) is 24.9 Å². The smallest absolute Gasteiger partial charge is 0.101 e. The third-order valence-corrected chi connectivity index (χ3v) is 6.03. The van der Waals surface area contributed by atoms with Crippen LogP contribution >= 0.6 is 0 Å². The van der Waals surface area contributed by atoms with E-state index in [0.717, 1.165) is 5.92 Å². The number of hydrogen-bond acceptors (Lipinski definition) is 2. The Kier molecular flexibility index (Phi) is 4.94. The number of rotatable bonds is 5. The predicted molar refractivity (Wildman–Crippen MR) is 97.4 cm³/mol. The molecule has 2 unspecified atom stereocenters. The molecule has 2 atom stereocenters. The fourth-order valence-corrected chi connectivity index (χ4v) is 4.44. The summed E-state index contributed by atoms with van der Waals surface area (Å²) < 4.78 is 0. The topological polar surface area (TPSA) is 29.3 Å². The summed E-state index contributed by atoms with van der Waals surface area (Å²) in [6, 6.07) is 5.85. The number of hydrogen-bond donors (Lipinski definition) is 1. The molecular weight excluding hydrogens is 267 g/mol. The van der Waals surface area contributed by atoms with Crippen molar-refractivity contribution in [2.75, 3.05) is 13.1 Å². The fraction of sp³-hybridized carbons (Fsp3) is 0.684. The van der Waals surface area contributed by atoms with E-state index in [1.807, 2.05) is 0 Å². The highest BCUT2D eigenvalue weighted by Crippen LogP contribution is 2.31. The second-order valence-electron chi connectivity index (χ2n) is 7.57. The zero-order chi connectivity index (χ0) is 15.7. The highest BCUT2D eigenvalue weighted by Gasteiger charge is 2.37. The van der Waals surface area contributed by atoms with Gasteiger partial charge in [0.05, 0.1) is 0 Å². The standard InChI is InChI=1S/C19H31BN2/c1-13-14(2)17(7-6-16(13)8-9-20)10-15-11-22(12-15)19-5-3-4-18(19)21/h6-7,15,18-19H,3-5,8-12,20-21H2,1-2H3. The first-order chi connectivity index (χ1) is 10.6. The first-order valence-corrected chi connectivity index (χ1v) is 9.17. The lowest BCUT2D eigenvalue weighted by molar-refractivity contribution is 0.0488. The molecule has 1 saturated heterocycles. The minimum absolute atomic E-state index is 0.429. The average molecular weight is 298 g/mol. The first kappa shape index (κ1) is 16.1. The number of nitrogens with two attached hydrogens (primary N) is 1. The van der Waals surface area contributed by atoms with Gasteiger partial charge in [-0.25, -0.2) is 0 Å². The molecule has 1 aliphatic carbocycles. The van der Waals surface area contributed by atoms with Crippen LogP contribution in [-0.4, -0.2) is 37.9 Å². The summed E-state index contributed by atoms with van der Waals surface area (Å²) in [6.07, 6.45) is 7.56. The normalized spacial score (nSPS) is 26.3. The molecule has 2 aliphatic rings. The molecule has 0 aromatic heterocycles. The summed E-state index contributed by atoms with van der Waals surface area (Å²) in [7, 11) is 2.26. The van der Waals surface area contributed by atoms with Gasteiger partial charge in [-0.15, -0.1) is 0 Å². The summed E-state index contributed by atoms with van der Waals surface area (Å²) in [5.41, 5.74) is 12.4. The van der Waals surface area contributed by atoms with Crippen molar-refractivity contribution < 1.29 is 0 Å². The van der Waals surface area contributed by atoms with Crippen molar-refractivity contribution in [2.24, 2.45) is 11.7 Å². The average Bonchev–Trinajstić information content (AvgIpc) is 2.87. The molecule has 1 heterocycles. The van der Waals surface area contributed by atoms with E-state index in [2.05, 4.69) is 38.7 Å². The summed E-state index contributed by atoms with van der Waals surface area (Å²) in [5, 5.41) is 0. The number of nitrogens with zero attached hydrogens (tertiary/aromatic N) is 1. The van der Waals surface area contributed by atoms with Gasteiger partial charge in [0.1, 0.15) is 7.85 Å². The van der Waals surface area contributed by atoms with E-state index in [-0.39, 0.29) is 0 Å². The third-order valence-electron chi connectivity index (χ3n) is 6.03. The van der Waals surface area contributed by atoms with E-state index in [1.54, 1.807) is 5.56 Å². The number of benzene rings is 1. The van der Waals surface area contributed by atoms with E-state index in [9.17, 15) is 0 Å². The van der Waals surface area contributed by atoms with Crippen molar-refractivity contribution in [3.63, 3.8) is 0 Å². The molecule has 3 heteroatoms. The second kappa shape index (κ2) is 6.76. The van der Waals surface area contributed by atoms with Crippen LogP contribution in [0.5, 0.6) is 0 Å². The summed E-state index contributed by atoms with van der Waals surface area (Å²) in [4.78, 5) is 2.63. The van der Waals surface area contributed by atoms with E-state index < -0.39 is 0 Å². The van der Waals surface area contributed by atoms with Gasteiger partial charge in [-0.3, -0.25) is 4.90 Å². The minimum Gasteiger partial charge on any atom is -0.326 e. The van der Waals surface area contributed by atoms with Crippen LogP contribution < -0.4 is 5.73 Å². The molecule has 120 valence electrons. The summed E-state index contributed by atoms with van der Waals surface area (Å²) >= 11 is 0. The summed E-state index contributed by atoms with van der Waals surface area (Å²) in [5.74, 6) is 0.836. The van der Waals surface area contributed by atoms with Crippen LogP contribution in [0.15, 0.2) is 12.1 Å². The van der Waals surface area contributed by atoms with Gasteiger partial charge in [-0.2, -0.15) is 0 Å². The Balaban J connectivity index is 1.58. The zero-order valence-electron chi connectivity index (χ0n) is 14.6. The van der Waals surface area contributed by atoms with Crippen molar-refractivity contribution in [2.45, 2.75) is 64.4 Å². The molecule has 0 radical (unpaired) electrons. The SMILES string of the molecule is BCCc1ccc(CC2CN(C3CCCC3N)C2)c(C)c1C. The molecule has 1 aromatic rings. The third kappa shape index (κ3) is 3.11. The van der Waals surface area contributed by atoms with Gasteiger partial charge in [0.2, 0.25) is 0 Å². The van der Waals surface area contributed by atoms with Crippen molar-refractivity contribution in [1.82, 2.24) is 4.90 Å². The quantitative estimate of drug-likeness (QED) is 0.845. The molecular formula is C19H31BN2. The Morgan fingerprint density at radius 3 is 2.45 bits per heavy atom. The zero-order valence-corrected chi connectivity index (χ0v) is 14.6. The molecule has 1 saturated carbocycles. The number of likely N-dealkylation sites (tertiary alicyclic amines) is 1. The van der Waals surface area contributed by atoms with Gasteiger partial charge in [0.15, 0.2) is 0 Å². The summed E-state index contributed by atoms with van der Waals surface area (Å²) in [6.45, 7) is 7.13. The molecule has 0 spiro atoms. The Morgan fingerprint density at radius 2 is 1.82 bits per heavy atom. The van der Waals surface area contributed by atoms with Gasteiger partial charge in [-0.05, 0) is 67.7 Å². The van der Waals surface area contributed by atoms with Crippen LogP contribution in [0.3, 0.4) is 0 Å². The molecule has 3 rings (SSSR count). The van der Waals surface area contributed by atoms with Crippen LogP contribution in [0.1, 0.15) is 41.5 Å². The molecule has 0 amide bonds. The lowest BCUT2D eigenvalue weighted by Crippen LogP contribution is -2.56. The van der Waals surface area contributed by atoms with Gasteiger partial charge in [0.25, 0.3) is 0 Å². The predicted octanol–water partition coefficient (Wildman–Crippen LogP) is 2.25. The molecule has 2 N–H and O–H groups in total. The van der Waals surface area contributed by atoms with Crippen LogP contribution in [0.25, 0.3) is 0 Å². The molecule has 2 fully saturated rings. The largest absolute Gasteiger partial charge is 0.326 e. The fourth-order valence-electron chi connectivity index (χ4n) is 4.44. The molecule has 0 bridgehead atoms. The Labute approximate surface area is 136 Å². The first-order valence-electron chi connectivity index (χ1n) is 9.17. The minimum atomic E-state index is 0.429. The molecule has 1 aliphatic heterocycles. The van der Waals surface area contributed by atoms with Crippen LogP contribution in [0.2, 0.25) is 6.32 Å². The maximum atomic E-state index is 6.23. The maximum Gasteiger partial charge on any atom is 0.101 e. The van der Waals surface area contributed by atoms with E-state index in [1.165, 1.54) is 68.2 Å². The van der Waals surface area contributed by atoms with Gasteiger partial charge in [0, 0.05) is 25.2 Å². The molecule has 1 aromatic carbocycles. The Hall–Kier alpha value is -0.795. The van der Waals surface area contributed by atoms with Crippen LogP contribution in [0, 0.1) is 19.8 Å². The van der Waals surface area contributed by atoms with Crippen molar-refractivity contribution in [1.29, 1.82) is 0 Å². The maximum absolute atomic E-state index is 6.23. The Morgan fingerprint density at radius 1 is 1.14 bits per heavy atom. The van der Waals surface area contributed by atoms with Crippen molar-refractivity contribution in [3.05, 3.63) is 34.4 Å². The van der Waals surface area contributed by atoms with Gasteiger partial charge >= 0.3 is 0 Å². The molecule has 22 heavy (non-hydrogen) atoms. The van der Waals surface area contributed by atoms with Crippen LogP contribution in [0.4, 0.5) is 0 Å². The lowest BCUT2D eigenvalue weighted by Gasteiger charge is -2.45. The van der Waals surface area contributed by atoms with Crippen molar-refractivity contribution in [3.8, 4) is 0 Å². The Bertz CT molecular complexity index is 522. The second-order valence-corrected chi connectivity index (χ2v) is 7.57. The van der Waals surface area contributed by atoms with E-state index in [0.29, 0.717) is 12.1 Å². The van der Waals surface area contributed by atoms with Crippen LogP contribution in [-0.2, 0) is 12.8 Å². The van der Waals surface area contributed by atoms with E-state index >= 15 is 0 Å². The highest BCUT2D eigenvalue weighted by atomic mass is 15.2.